The number of benzene rings is 4. The van der Waals surface area contributed by atoms with E-state index < -0.39 is 0 Å². The van der Waals surface area contributed by atoms with Gasteiger partial charge in [0.25, 0.3) is 0 Å². The number of hydrogen-bond acceptors (Lipinski definition) is 2. The first kappa shape index (κ1) is 34.9. The molecule has 5 aromatic rings. The largest absolute Gasteiger partial charge is 0.489 e. The molecule has 2 atom stereocenters. The standard InChI is InChI=1S/C50H55N2O2/c1-7-9-23-51-42(38-17-13-19-40-46(38)44(51)28-36-25-32(3)53-48(36)40)21-11-15-34-27-35(31-50(5,6)30-34)16-12-22-43-39-18-14-20-41-47(39)45(52(43)24-10-8-2)29-37-26-33(4)54-49(37)41/h11-22,27-29,32-33H,7-10,23-26,30-31H2,1-6H3/q+1. The minimum absolute atomic E-state index is 0.189. The average molecular weight is 716 g/mol. The molecule has 4 heterocycles. The Morgan fingerprint density at radius 3 is 2.24 bits per heavy atom. The second-order valence-corrected chi connectivity index (χ2v) is 17.1. The van der Waals surface area contributed by atoms with Crippen molar-refractivity contribution >= 4 is 49.9 Å². The Balaban J connectivity index is 1.06. The highest BCUT2D eigenvalue weighted by Gasteiger charge is 2.35. The van der Waals surface area contributed by atoms with Crippen LogP contribution in [0.5, 0.6) is 11.5 Å². The van der Waals surface area contributed by atoms with E-state index in [2.05, 4.69) is 142 Å². The van der Waals surface area contributed by atoms with Crippen molar-refractivity contribution in [3.8, 4) is 11.5 Å². The van der Waals surface area contributed by atoms with E-state index in [-0.39, 0.29) is 17.6 Å². The first-order chi connectivity index (χ1) is 26.2. The molecular formula is C50H55N2O2+. The minimum Gasteiger partial charge on any atom is -0.489 e. The third-order valence-corrected chi connectivity index (χ3v) is 12.0. The maximum atomic E-state index is 6.34. The molecule has 9 rings (SSSR count). The molecule has 2 unspecified atom stereocenters. The van der Waals surface area contributed by atoms with Gasteiger partial charge in [-0.3, -0.25) is 0 Å². The Morgan fingerprint density at radius 1 is 0.796 bits per heavy atom. The third kappa shape index (κ3) is 6.03. The molecule has 0 bridgehead atoms. The van der Waals surface area contributed by atoms with Gasteiger partial charge in [-0.05, 0) is 67.9 Å². The van der Waals surface area contributed by atoms with Gasteiger partial charge in [0.1, 0.15) is 30.3 Å². The van der Waals surface area contributed by atoms with E-state index in [0.717, 1.165) is 63.1 Å². The molecule has 0 saturated carbocycles. The quantitative estimate of drug-likeness (QED) is 0.135. The van der Waals surface area contributed by atoms with Crippen molar-refractivity contribution in [3.05, 3.63) is 118 Å². The molecule has 276 valence electrons. The van der Waals surface area contributed by atoms with Crippen LogP contribution in [0.1, 0.15) is 96.8 Å². The van der Waals surface area contributed by atoms with Crippen molar-refractivity contribution in [3.63, 3.8) is 0 Å². The summed E-state index contributed by atoms with van der Waals surface area (Å²) in [5.41, 5.74) is 11.0. The molecule has 1 aromatic heterocycles. The first-order valence-corrected chi connectivity index (χ1v) is 20.6. The zero-order chi connectivity index (χ0) is 37.1. The Labute approximate surface area is 320 Å². The van der Waals surface area contributed by atoms with Gasteiger partial charge < -0.3 is 14.0 Å². The number of fused-ring (bicyclic) bond motifs is 4. The second-order valence-electron chi connectivity index (χ2n) is 17.1. The molecule has 4 aliphatic rings. The van der Waals surface area contributed by atoms with Crippen LogP contribution in [0.15, 0.2) is 96.1 Å². The summed E-state index contributed by atoms with van der Waals surface area (Å²) in [6.45, 7) is 15.8. The zero-order valence-electron chi connectivity index (χ0n) is 33.1. The Morgan fingerprint density at radius 2 is 1.48 bits per heavy atom. The van der Waals surface area contributed by atoms with Gasteiger partial charge in [0.15, 0.2) is 0 Å². The van der Waals surface area contributed by atoms with Gasteiger partial charge in [-0.15, -0.1) is 0 Å². The summed E-state index contributed by atoms with van der Waals surface area (Å²) >= 11 is 0. The molecule has 0 radical (unpaired) electrons. The number of ether oxygens (including phenoxy) is 2. The van der Waals surface area contributed by atoms with Crippen molar-refractivity contribution in [2.75, 3.05) is 6.54 Å². The van der Waals surface area contributed by atoms with Crippen LogP contribution < -0.4 is 14.8 Å². The van der Waals surface area contributed by atoms with Crippen LogP contribution in [0.3, 0.4) is 0 Å². The van der Waals surface area contributed by atoms with Crippen molar-refractivity contribution < 1.29 is 14.0 Å². The highest BCUT2D eigenvalue weighted by Crippen LogP contribution is 2.46. The number of aromatic nitrogens is 1. The van der Waals surface area contributed by atoms with Gasteiger partial charge in [0.2, 0.25) is 11.4 Å². The fraction of sp³-hybridized carbons (Fsp3) is 0.380. The maximum Gasteiger partial charge on any atom is 0.215 e. The summed E-state index contributed by atoms with van der Waals surface area (Å²) in [6, 6.07) is 18.3. The van der Waals surface area contributed by atoms with Gasteiger partial charge >= 0.3 is 0 Å². The minimum atomic E-state index is 0.189. The molecule has 0 amide bonds. The molecular weight excluding hydrogens is 661 g/mol. The van der Waals surface area contributed by atoms with Crippen LogP contribution in [0.4, 0.5) is 5.69 Å². The van der Waals surface area contributed by atoms with E-state index in [1.807, 2.05) is 0 Å². The highest BCUT2D eigenvalue weighted by molar-refractivity contribution is 6.21. The van der Waals surface area contributed by atoms with E-state index in [4.69, 9.17) is 9.47 Å². The molecule has 0 saturated heterocycles. The summed E-state index contributed by atoms with van der Waals surface area (Å²) < 4.78 is 17.8. The van der Waals surface area contributed by atoms with Crippen molar-refractivity contribution in [1.29, 1.82) is 0 Å². The van der Waals surface area contributed by atoms with Crippen molar-refractivity contribution in [2.45, 2.75) is 112 Å². The number of unbranched alkanes of at least 4 members (excludes halogenated alkanes) is 2. The van der Waals surface area contributed by atoms with Crippen LogP contribution in [0, 0.1) is 5.41 Å². The monoisotopic (exact) mass is 715 g/mol. The number of nitrogens with zero attached hydrogens (tertiary/aromatic N) is 2. The number of aryl methyl sites for hydroxylation is 1. The van der Waals surface area contributed by atoms with Gasteiger partial charge in [0, 0.05) is 76.0 Å². The molecule has 1 aliphatic carbocycles. The van der Waals surface area contributed by atoms with Gasteiger partial charge in [0.05, 0.1) is 16.5 Å². The first-order valence-electron chi connectivity index (χ1n) is 20.6. The van der Waals surface area contributed by atoms with Gasteiger partial charge in [-0.25, -0.2) is 0 Å². The van der Waals surface area contributed by atoms with E-state index in [9.17, 15) is 0 Å². The molecule has 4 heteroatoms. The molecule has 0 N–H and O–H groups in total. The van der Waals surface area contributed by atoms with Crippen molar-refractivity contribution in [2.24, 2.45) is 5.41 Å². The Bertz CT molecular complexity index is 2530. The van der Waals surface area contributed by atoms with E-state index in [0.29, 0.717) is 0 Å². The molecule has 4 aromatic carbocycles. The predicted octanol–water partition coefficient (Wildman–Crippen LogP) is 11.6. The molecule has 0 fully saturated rings. The zero-order valence-corrected chi connectivity index (χ0v) is 33.1. The Hall–Kier alpha value is -4.83. The topological polar surface area (TPSA) is 26.4 Å². The average Bonchev–Trinajstić information content (AvgIpc) is 3.88. The second kappa shape index (κ2) is 13.8. The Kier molecular flexibility index (Phi) is 8.91. The molecule has 4 nitrogen and oxygen atoms in total. The fourth-order valence-electron chi connectivity index (χ4n) is 9.80. The summed E-state index contributed by atoms with van der Waals surface area (Å²) in [5, 5.41) is 7.83. The van der Waals surface area contributed by atoms with Gasteiger partial charge in [-0.2, -0.15) is 4.58 Å². The normalized spacial score (nSPS) is 21.4. The van der Waals surface area contributed by atoms with Crippen LogP contribution in [0.25, 0.3) is 38.5 Å². The number of allylic oxidation sites excluding steroid dienone is 8. The lowest BCUT2D eigenvalue weighted by atomic mass is 9.75. The van der Waals surface area contributed by atoms with E-state index in [1.54, 1.807) is 0 Å². The van der Waals surface area contributed by atoms with Crippen LogP contribution >= 0.6 is 0 Å². The lowest BCUT2D eigenvalue weighted by molar-refractivity contribution is -0.436. The lowest BCUT2D eigenvalue weighted by Crippen LogP contribution is -2.17. The highest BCUT2D eigenvalue weighted by atomic mass is 16.5. The lowest BCUT2D eigenvalue weighted by Gasteiger charge is -2.30. The molecule has 0 spiro atoms. The van der Waals surface area contributed by atoms with Crippen LogP contribution in [0.2, 0.25) is 0 Å². The van der Waals surface area contributed by atoms with Crippen molar-refractivity contribution in [1.82, 2.24) is 4.57 Å². The fourth-order valence-corrected chi connectivity index (χ4v) is 9.80. The predicted molar refractivity (Wildman–Crippen MR) is 227 cm³/mol. The summed E-state index contributed by atoms with van der Waals surface area (Å²) in [7, 11) is 0. The number of hydrogen-bond donors (Lipinski definition) is 0. The molecule has 3 aliphatic heterocycles. The molecule has 54 heavy (non-hydrogen) atoms. The smallest absolute Gasteiger partial charge is 0.215 e. The van der Waals surface area contributed by atoms with Gasteiger partial charge in [-0.1, -0.05) is 101 Å². The van der Waals surface area contributed by atoms with E-state index in [1.165, 1.54) is 89.9 Å². The summed E-state index contributed by atoms with van der Waals surface area (Å²) in [6.07, 6.45) is 25.7. The summed E-state index contributed by atoms with van der Waals surface area (Å²) in [5.74, 6) is 2.18. The van der Waals surface area contributed by atoms with E-state index >= 15 is 0 Å². The number of rotatable bonds is 10. The SMILES string of the molecule is CCCCn1c(=CC=CC2=CC(=CC=CC3=[N+](CCCC)c4cc5c(c6cccc3c46)OC(C)C5)CC(C)(C)C2)c2cccc3c4c(cc1c32)CC(C)O4. The summed E-state index contributed by atoms with van der Waals surface area (Å²) in [4.78, 5) is 0. The van der Waals surface area contributed by atoms with Crippen LogP contribution in [-0.4, -0.2) is 33.6 Å². The maximum absolute atomic E-state index is 6.34. The van der Waals surface area contributed by atoms with Crippen LogP contribution in [-0.2, 0) is 19.4 Å². The third-order valence-electron chi connectivity index (χ3n) is 12.0.